The summed E-state index contributed by atoms with van der Waals surface area (Å²) in [4.78, 5) is 21.6. The summed E-state index contributed by atoms with van der Waals surface area (Å²) in [5.74, 6) is 0.0468. The van der Waals surface area contributed by atoms with Gasteiger partial charge in [-0.05, 0) is 24.0 Å². The van der Waals surface area contributed by atoms with E-state index in [1.165, 1.54) is 6.07 Å². The Hall–Kier alpha value is -1.91. The molecule has 1 rings (SSSR count). The second-order valence-electron chi connectivity index (χ2n) is 4.97. The predicted molar refractivity (Wildman–Crippen MR) is 68.4 cm³/mol. The molecule has 0 saturated heterocycles. The molecule has 0 aliphatic heterocycles. The van der Waals surface area contributed by atoms with E-state index in [9.17, 15) is 14.9 Å². The zero-order chi connectivity index (χ0) is 13.9. The van der Waals surface area contributed by atoms with Crippen LogP contribution in [0, 0.1) is 10.1 Å². The van der Waals surface area contributed by atoms with Crippen molar-refractivity contribution in [2.75, 3.05) is 6.61 Å². The molecule has 0 heterocycles. The number of nitro benzene ring substituents is 1. The molecule has 1 aromatic rings. The number of carbonyl (C=O) groups is 1. The zero-order valence-electron chi connectivity index (χ0n) is 11.0. The van der Waals surface area contributed by atoms with Crippen LogP contribution in [0.4, 0.5) is 5.69 Å². The van der Waals surface area contributed by atoms with Crippen LogP contribution in [0.5, 0.6) is 5.75 Å². The summed E-state index contributed by atoms with van der Waals surface area (Å²) in [6.45, 7) is 7.79. The fraction of sp³-hybridized carbons (Fsp3) is 0.462. The van der Waals surface area contributed by atoms with E-state index in [2.05, 4.69) is 0 Å². The van der Waals surface area contributed by atoms with E-state index in [4.69, 9.17) is 4.74 Å². The maximum absolute atomic E-state index is 11.1. The first-order chi connectivity index (χ1) is 8.31. The Morgan fingerprint density at radius 2 is 2.00 bits per heavy atom. The number of carbonyl (C=O) groups excluding carboxylic acids is 1. The van der Waals surface area contributed by atoms with Crippen molar-refractivity contribution < 1.29 is 14.5 Å². The minimum Gasteiger partial charge on any atom is -0.487 e. The number of rotatable bonds is 4. The molecule has 0 saturated carbocycles. The maximum Gasteiger partial charge on any atom is 0.311 e. The number of nitro groups is 1. The lowest BCUT2D eigenvalue weighted by atomic mass is 9.85. The maximum atomic E-state index is 11.1. The molecule has 0 spiro atoms. The molecular weight excluding hydrogens is 234 g/mol. The molecule has 0 amide bonds. The Labute approximate surface area is 106 Å². The number of hydrogen-bond donors (Lipinski definition) is 0. The predicted octanol–water partition coefficient (Wildman–Crippen LogP) is 3.10. The van der Waals surface area contributed by atoms with Crippen LogP contribution in [0.25, 0.3) is 0 Å². The number of nitrogens with zero attached hydrogens (tertiary/aromatic N) is 1. The van der Waals surface area contributed by atoms with Crippen molar-refractivity contribution in [3.05, 3.63) is 33.4 Å². The second kappa shape index (κ2) is 5.16. The van der Waals surface area contributed by atoms with Crippen LogP contribution in [-0.2, 0) is 5.41 Å². The van der Waals surface area contributed by atoms with Gasteiger partial charge >= 0.3 is 5.69 Å². The molecule has 0 N–H and O–H groups in total. The lowest BCUT2D eigenvalue weighted by Gasteiger charge is -2.20. The van der Waals surface area contributed by atoms with Crippen LogP contribution < -0.4 is 4.74 Å². The summed E-state index contributed by atoms with van der Waals surface area (Å²) in [5, 5.41) is 11.1. The first-order valence-electron chi connectivity index (χ1n) is 5.72. The quantitative estimate of drug-likeness (QED) is 0.468. The average Bonchev–Trinajstić information content (AvgIpc) is 2.27. The summed E-state index contributed by atoms with van der Waals surface area (Å²) in [7, 11) is 0. The van der Waals surface area contributed by atoms with Crippen molar-refractivity contribution in [2.24, 2.45) is 0 Å². The fourth-order valence-electron chi connectivity index (χ4n) is 1.59. The Morgan fingerprint density at radius 1 is 1.39 bits per heavy atom. The summed E-state index contributed by atoms with van der Waals surface area (Å²) < 4.78 is 5.22. The van der Waals surface area contributed by atoms with E-state index in [1.54, 1.807) is 13.0 Å². The third-order valence-corrected chi connectivity index (χ3v) is 2.58. The Kier molecular flexibility index (Phi) is 4.06. The first-order valence-corrected chi connectivity index (χ1v) is 5.72. The highest BCUT2D eigenvalue weighted by Gasteiger charge is 2.25. The van der Waals surface area contributed by atoms with E-state index in [0.29, 0.717) is 6.29 Å². The smallest absolute Gasteiger partial charge is 0.311 e. The van der Waals surface area contributed by atoms with Crippen LogP contribution in [0.3, 0.4) is 0 Å². The number of ether oxygens (including phenoxy) is 1. The molecule has 0 aromatic heterocycles. The van der Waals surface area contributed by atoms with E-state index < -0.39 is 4.92 Å². The molecule has 0 fully saturated rings. The summed E-state index contributed by atoms with van der Waals surface area (Å²) in [5.41, 5.74) is 0.523. The van der Waals surface area contributed by atoms with Crippen molar-refractivity contribution in [1.29, 1.82) is 0 Å². The second-order valence-corrected chi connectivity index (χ2v) is 4.97. The van der Waals surface area contributed by atoms with E-state index >= 15 is 0 Å². The summed E-state index contributed by atoms with van der Waals surface area (Å²) >= 11 is 0. The zero-order valence-corrected chi connectivity index (χ0v) is 11.0. The molecular formula is C13H17NO4. The molecule has 0 aliphatic rings. The molecule has 5 heteroatoms. The minimum atomic E-state index is -0.521. The van der Waals surface area contributed by atoms with Gasteiger partial charge in [-0.2, -0.15) is 0 Å². The van der Waals surface area contributed by atoms with Gasteiger partial charge in [0.15, 0.2) is 6.29 Å². The van der Waals surface area contributed by atoms with Gasteiger partial charge < -0.3 is 4.74 Å². The van der Waals surface area contributed by atoms with Gasteiger partial charge in [0.25, 0.3) is 0 Å². The van der Waals surface area contributed by atoms with Crippen molar-refractivity contribution in [3.63, 3.8) is 0 Å². The van der Waals surface area contributed by atoms with Crippen LogP contribution >= 0.6 is 0 Å². The molecule has 0 bridgehead atoms. The standard InChI is InChI=1S/C13H17NO4/c1-5-18-12-9(8-15)6-10(13(2,3)4)7-11(12)14(16)17/h6-8H,5H2,1-4H3. The number of benzene rings is 1. The highest BCUT2D eigenvalue weighted by Crippen LogP contribution is 2.35. The topological polar surface area (TPSA) is 69.4 Å². The van der Waals surface area contributed by atoms with Crippen LogP contribution in [0.1, 0.15) is 43.6 Å². The highest BCUT2D eigenvalue weighted by atomic mass is 16.6. The van der Waals surface area contributed by atoms with Crippen molar-refractivity contribution in [3.8, 4) is 5.75 Å². The lowest BCUT2D eigenvalue weighted by Crippen LogP contribution is -2.13. The van der Waals surface area contributed by atoms with Gasteiger partial charge in [-0.15, -0.1) is 0 Å². The summed E-state index contributed by atoms with van der Waals surface area (Å²) in [6, 6.07) is 3.11. The fourth-order valence-corrected chi connectivity index (χ4v) is 1.59. The molecule has 0 unspecified atom stereocenters. The van der Waals surface area contributed by atoms with Gasteiger partial charge in [0.2, 0.25) is 5.75 Å². The molecule has 5 nitrogen and oxygen atoms in total. The Morgan fingerprint density at radius 3 is 2.39 bits per heavy atom. The van der Waals surface area contributed by atoms with E-state index in [1.807, 2.05) is 20.8 Å². The van der Waals surface area contributed by atoms with Gasteiger partial charge in [-0.3, -0.25) is 14.9 Å². The largest absolute Gasteiger partial charge is 0.487 e. The average molecular weight is 251 g/mol. The van der Waals surface area contributed by atoms with Crippen LogP contribution in [0.2, 0.25) is 0 Å². The van der Waals surface area contributed by atoms with E-state index in [0.717, 1.165) is 5.56 Å². The van der Waals surface area contributed by atoms with Gasteiger partial charge in [0, 0.05) is 6.07 Å². The van der Waals surface area contributed by atoms with Gasteiger partial charge in [-0.25, -0.2) is 0 Å². The normalized spacial score (nSPS) is 11.1. The van der Waals surface area contributed by atoms with Crippen molar-refractivity contribution in [2.45, 2.75) is 33.1 Å². The van der Waals surface area contributed by atoms with Gasteiger partial charge in [0.1, 0.15) is 0 Å². The van der Waals surface area contributed by atoms with Crippen LogP contribution in [0.15, 0.2) is 12.1 Å². The highest BCUT2D eigenvalue weighted by molar-refractivity contribution is 5.83. The SMILES string of the molecule is CCOc1c(C=O)cc(C(C)(C)C)cc1[N+](=O)[O-]. The van der Waals surface area contributed by atoms with E-state index in [-0.39, 0.29) is 29.0 Å². The third-order valence-electron chi connectivity index (χ3n) is 2.58. The van der Waals surface area contributed by atoms with Crippen molar-refractivity contribution >= 4 is 12.0 Å². The molecule has 98 valence electrons. The van der Waals surface area contributed by atoms with Crippen molar-refractivity contribution in [1.82, 2.24) is 0 Å². The molecule has 0 aliphatic carbocycles. The third kappa shape index (κ3) is 2.85. The van der Waals surface area contributed by atoms with Gasteiger partial charge in [-0.1, -0.05) is 20.8 Å². The number of hydrogen-bond acceptors (Lipinski definition) is 4. The number of aldehydes is 1. The lowest BCUT2D eigenvalue weighted by molar-refractivity contribution is -0.386. The Bertz CT molecular complexity index is 475. The Balaban J connectivity index is 3.53. The van der Waals surface area contributed by atoms with Crippen LogP contribution in [-0.4, -0.2) is 17.8 Å². The molecule has 0 radical (unpaired) electrons. The monoisotopic (exact) mass is 251 g/mol. The summed E-state index contributed by atoms with van der Waals surface area (Å²) in [6.07, 6.45) is 0.591. The molecule has 18 heavy (non-hydrogen) atoms. The van der Waals surface area contributed by atoms with Gasteiger partial charge in [0.05, 0.1) is 17.1 Å². The molecule has 1 aromatic carbocycles. The minimum absolute atomic E-state index is 0.0468. The first kappa shape index (κ1) is 14.2. The molecule has 0 atom stereocenters.